The Balaban J connectivity index is 1.31. The zero-order valence-corrected chi connectivity index (χ0v) is 26.9. The molecule has 1 aromatic carbocycles. The number of esters is 1. The quantitative estimate of drug-likeness (QED) is 0.228. The number of amides is 1. The van der Waals surface area contributed by atoms with E-state index in [-0.39, 0.29) is 23.9 Å². The molecule has 0 unspecified atom stereocenters. The molecule has 3 fully saturated rings. The van der Waals surface area contributed by atoms with Gasteiger partial charge in [0.1, 0.15) is 6.10 Å². The smallest absolute Gasteiger partial charge is 0.308 e. The highest BCUT2D eigenvalue weighted by Gasteiger charge is 2.73. The third-order valence-corrected chi connectivity index (χ3v) is 11.9. The Kier molecular flexibility index (Phi) is 7.11. The molecule has 2 aliphatic heterocycles. The number of benzene rings is 1. The Morgan fingerprint density at radius 3 is 2.79 bits per heavy atom. The largest absolute Gasteiger partial charge is 0.483 e. The molecule has 1 saturated heterocycles. The second-order valence-electron chi connectivity index (χ2n) is 13.4. The number of hydrogen-bond acceptors (Lipinski definition) is 7. The molecule has 2 aromatic rings. The van der Waals surface area contributed by atoms with Gasteiger partial charge < -0.3 is 19.5 Å². The van der Waals surface area contributed by atoms with Crippen LogP contribution in [0.15, 0.2) is 34.1 Å². The van der Waals surface area contributed by atoms with Gasteiger partial charge in [0.25, 0.3) is 0 Å². The lowest BCUT2D eigenvalue weighted by Crippen LogP contribution is -2.78. The van der Waals surface area contributed by atoms with E-state index in [9.17, 15) is 14.7 Å². The van der Waals surface area contributed by atoms with Gasteiger partial charge in [-0.2, -0.15) is 0 Å². The summed E-state index contributed by atoms with van der Waals surface area (Å²) in [6.45, 7) is 8.18. The molecule has 1 N–H and O–H groups in total. The molecule has 224 valence electrons. The number of likely N-dealkylation sites (tertiary alicyclic amines) is 1. The van der Waals surface area contributed by atoms with Crippen molar-refractivity contribution in [2.24, 2.45) is 11.8 Å². The Bertz CT molecular complexity index is 1450. The van der Waals surface area contributed by atoms with Crippen molar-refractivity contribution in [3.63, 3.8) is 0 Å². The number of carbonyl (C=O) groups is 2. The molecule has 1 spiro atoms. The lowest BCUT2D eigenvalue weighted by molar-refractivity contribution is -0.201. The summed E-state index contributed by atoms with van der Waals surface area (Å²) in [5.41, 5.74) is 0.526. The van der Waals surface area contributed by atoms with Crippen LogP contribution in [0, 0.1) is 11.8 Å². The molecule has 2 bridgehead atoms. The van der Waals surface area contributed by atoms with Crippen molar-refractivity contribution in [3.05, 3.63) is 50.1 Å². The van der Waals surface area contributed by atoms with Gasteiger partial charge >= 0.3 is 5.97 Å². The summed E-state index contributed by atoms with van der Waals surface area (Å²) in [5.74, 6) is 1.54. The highest BCUT2D eigenvalue weighted by atomic mass is 79.9. The number of carbonyl (C=O) groups excluding carboxylic acids is 2. The summed E-state index contributed by atoms with van der Waals surface area (Å²) in [6, 6.07) is 5.71. The molecule has 2 saturated carbocycles. The van der Waals surface area contributed by atoms with Crippen LogP contribution in [-0.4, -0.2) is 70.2 Å². The fourth-order valence-corrected chi connectivity index (χ4v) is 9.78. The molecule has 7 nitrogen and oxygen atoms in total. The second-order valence-corrected chi connectivity index (χ2v) is 15.2. The first-order valence-corrected chi connectivity index (χ1v) is 17.0. The van der Waals surface area contributed by atoms with Crippen LogP contribution in [0.1, 0.15) is 68.9 Å². The molecule has 42 heavy (non-hydrogen) atoms. The van der Waals surface area contributed by atoms with E-state index in [4.69, 9.17) is 9.47 Å². The first kappa shape index (κ1) is 28.6. The number of hydrogen-bond donors (Lipinski definition) is 1. The fourth-order valence-electron chi connectivity index (χ4n) is 8.45. The van der Waals surface area contributed by atoms with Crippen LogP contribution < -0.4 is 9.47 Å². The lowest BCUT2D eigenvalue weighted by Gasteiger charge is -2.65. The van der Waals surface area contributed by atoms with E-state index in [2.05, 4.69) is 40.7 Å². The van der Waals surface area contributed by atoms with Crippen molar-refractivity contribution >= 4 is 45.2 Å². The summed E-state index contributed by atoms with van der Waals surface area (Å²) in [6.07, 6.45) is 8.44. The topological polar surface area (TPSA) is 79.3 Å². The SMILES string of the molecule is CC(=O)Oc1ccc2c3c1O[C@H]1[C@@H](N(CC(C)C)C(=O)/C=C/c4cc(Br)cs4)CC[C@@]4(O)[C@@H](C2)N(CC2CC2)CC[C@]314. The van der Waals surface area contributed by atoms with E-state index in [1.54, 1.807) is 17.4 Å². The number of thiophene rings is 1. The van der Waals surface area contributed by atoms with Gasteiger partial charge in [-0.05, 0) is 96.6 Å². The van der Waals surface area contributed by atoms with Crippen molar-refractivity contribution in [3.8, 4) is 11.5 Å². The molecule has 1 aromatic heterocycles. The maximum atomic E-state index is 14.0. The second kappa shape index (κ2) is 10.5. The summed E-state index contributed by atoms with van der Waals surface area (Å²) in [7, 11) is 0. The number of halogens is 1. The first-order chi connectivity index (χ1) is 20.1. The van der Waals surface area contributed by atoms with Gasteiger partial charge in [0.05, 0.1) is 17.1 Å². The van der Waals surface area contributed by atoms with Crippen LogP contribution in [0.5, 0.6) is 11.5 Å². The molecule has 3 aliphatic carbocycles. The molecule has 7 rings (SSSR count). The number of rotatable bonds is 8. The number of nitrogens with zero attached hydrogens (tertiary/aromatic N) is 2. The predicted octanol–water partition coefficient (Wildman–Crippen LogP) is 5.57. The van der Waals surface area contributed by atoms with Crippen LogP contribution in [0.4, 0.5) is 0 Å². The molecular weight excluding hydrogens is 616 g/mol. The number of ether oxygens (including phenoxy) is 2. The van der Waals surface area contributed by atoms with Crippen molar-refractivity contribution < 1.29 is 24.2 Å². The summed E-state index contributed by atoms with van der Waals surface area (Å²) >= 11 is 5.09. The molecule has 3 heterocycles. The summed E-state index contributed by atoms with van der Waals surface area (Å²) < 4.78 is 13.6. The van der Waals surface area contributed by atoms with Gasteiger partial charge in [0.2, 0.25) is 5.91 Å². The van der Waals surface area contributed by atoms with Crippen molar-refractivity contribution in [2.45, 2.75) is 88.5 Å². The average molecular weight is 656 g/mol. The third-order valence-electron chi connectivity index (χ3n) is 10.2. The summed E-state index contributed by atoms with van der Waals surface area (Å²) in [4.78, 5) is 31.6. The Morgan fingerprint density at radius 1 is 1.29 bits per heavy atom. The van der Waals surface area contributed by atoms with E-state index in [1.165, 1.54) is 25.3 Å². The predicted molar refractivity (Wildman–Crippen MR) is 166 cm³/mol. The highest BCUT2D eigenvalue weighted by molar-refractivity contribution is 9.10. The number of piperidine rings is 1. The zero-order valence-electron chi connectivity index (χ0n) is 24.5. The molecular formula is C33H39BrN2O5S. The zero-order chi connectivity index (χ0) is 29.4. The molecule has 9 heteroatoms. The van der Waals surface area contributed by atoms with E-state index >= 15 is 0 Å². The maximum Gasteiger partial charge on any atom is 0.308 e. The van der Waals surface area contributed by atoms with Crippen LogP contribution >= 0.6 is 27.3 Å². The third kappa shape index (κ3) is 4.49. The van der Waals surface area contributed by atoms with Crippen LogP contribution in [0.3, 0.4) is 0 Å². The maximum absolute atomic E-state index is 14.0. The van der Waals surface area contributed by atoms with Gasteiger partial charge in [-0.1, -0.05) is 19.9 Å². The van der Waals surface area contributed by atoms with E-state index in [0.717, 1.165) is 46.8 Å². The van der Waals surface area contributed by atoms with Crippen LogP contribution in [0.2, 0.25) is 0 Å². The molecule has 5 atom stereocenters. The van der Waals surface area contributed by atoms with Crippen molar-refractivity contribution in [1.29, 1.82) is 0 Å². The minimum atomic E-state index is -0.986. The van der Waals surface area contributed by atoms with Crippen LogP contribution in [0.25, 0.3) is 6.08 Å². The normalized spacial score (nSPS) is 31.2. The van der Waals surface area contributed by atoms with Gasteiger partial charge in [0.15, 0.2) is 11.5 Å². The average Bonchev–Trinajstić information content (AvgIpc) is 3.54. The minimum absolute atomic E-state index is 0.00310. The minimum Gasteiger partial charge on any atom is -0.483 e. The van der Waals surface area contributed by atoms with Gasteiger partial charge in [-0.15, -0.1) is 11.3 Å². The Labute approximate surface area is 260 Å². The van der Waals surface area contributed by atoms with Gasteiger partial charge in [-0.3, -0.25) is 14.5 Å². The first-order valence-electron chi connectivity index (χ1n) is 15.3. The standard InChI is InChI=1S/C33H39BrN2O5S/c1-19(2)16-36(28(38)9-7-24-15-23(34)18-42-24)25-10-11-33(39)27-14-22-6-8-26(40-20(3)37)30-29(22)32(33,31(25)41-30)12-13-35(27)17-21-4-5-21/h6-9,15,18-19,21,25,27,31,39H,4-5,10-14,16-17H2,1-3H3/b9-7+/t25-,27+,31-,32-,33+/m0/s1. The van der Waals surface area contributed by atoms with Gasteiger partial charge in [0, 0.05) is 52.4 Å². The van der Waals surface area contributed by atoms with E-state index in [1.807, 2.05) is 28.5 Å². The highest BCUT2D eigenvalue weighted by Crippen LogP contribution is 2.66. The molecule has 1 amide bonds. The van der Waals surface area contributed by atoms with E-state index in [0.29, 0.717) is 30.9 Å². The van der Waals surface area contributed by atoms with E-state index < -0.39 is 23.1 Å². The lowest BCUT2D eigenvalue weighted by atomic mass is 9.48. The fraction of sp³-hybridized carbons (Fsp3) is 0.576. The Morgan fingerprint density at radius 2 is 2.10 bits per heavy atom. The van der Waals surface area contributed by atoms with Crippen LogP contribution in [-0.2, 0) is 21.4 Å². The Hall–Kier alpha value is -2.20. The molecule has 5 aliphatic rings. The van der Waals surface area contributed by atoms with Crippen molar-refractivity contribution in [1.82, 2.24) is 9.80 Å². The molecule has 0 radical (unpaired) electrons. The van der Waals surface area contributed by atoms with Gasteiger partial charge in [-0.25, -0.2) is 0 Å². The summed E-state index contributed by atoms with van der Waals surface area (Å²) in [5, 5.41) is 14.9. The monoisotopic (exact) mass is 654 g/mol. The number of aliphatic hydroxyl groups is 1. The van der Waals surface area contributed by atoms with Crippen molar-refractivity contribution in [2.75, 3.05) is 19.6 Å².